The molecule has 2 amide bonds. The predicted octanol–water partition coefficient (Wildman–Crippen LogP) is 4.76. The van der Waals surface area contributed by atoms with Gasteiger partial charge in [0.2, 0.25) is 5.91 Å². The third-order valence-corrected chi connectivity index (χ3v) is 5.18. The summed E-state index contributed by atoms with van der Waals surface area (Å²) in [6.07, 6.45) is 1.46. The van der Waals surface area contributed by atoms with Crippen LogP contribution in [0.4, 0.5) is 11.4 Å². The standard InChI is InChI=1S/C24H24N2O3/c1-2-22(29-21-14-9-17-6-3-4-7-18(17)16-21)24(28)25-19-10-12-20(13-11-19)26-15-5-8-23(26)27/h3-4,6-7,9-14,16,22H,2,5,8,15H2,1H3,(H,25,28). The predicted molar refractivity (Wildman–Crippen MR) is 115 cm³/mol. The first kappa shape index (κ1) is 19.0. The number of nitrogens with one attached hydrogen (secondary N) is 1. The van der Waals surface area contributed by atoms with Crippen molar-refractivity contribution in [3.8, 4) is 5.75 Å². The molecule has 3 aromatic rings. The van der Waals surface area contributed by atoms with Gasteiger partial charge in [0, 0.05) is 24.3 Å². The highest BCUT2D eigenvalue weighted by Crippen LogP contribution is 2.24. The number of rotatable bonds is 6. The normalized spacial score (nSPS) is 14.8. The summed E-state index contributed by atoms with van der Waals surface area (Å²) in [4.78, 5) is 26.3. The SMILES string of the molecule is CCC(Oc1ccc2ccccc2c1)C(=O)Nc1ccc(N2CCCC2=O)cc1. The molecule has 0 aliphatic carbocycles. The first-order valence-electron chi connectivity index (χ1n) is 10.0. The molecule has 1 heterocycles. The van der Waals surface area contributed by atoms with E-state index < -0.39 is 6.10 Å². The summed E-state index contributed by atoms with van der Waals surface area (Å²) >= 11 is 0. The number of fused-ring (bicyclic) bond motifs is 1. The fourth-order valence-electron chi connectivity index (χ4n) is 3.60. The number of amides is 2. The Morgan fingerprint density at radius 1 is 1.07 bits per heavy atom. The second kappa shape index (κ2) is 8.35. The molecule has 0 bridgehead atoms. The van der Waals surface area contributed by atoms with Crippen LogP contribution in [0.15, 0.2) is 66.7 Å². The number of carbonyl (C=O) groups is 2. The van der Waals surface area contributed by atoms with Gasteiger partial charge in [-0.2, -0.15) is 0 Å². The van der Waals surface area contributed by atoms with Crippen molar-refractivity contribution in [1.29, 1.82) is 0 Å². The summed E-state index contributed by atoms with van der Waals surface area (Å²) in [7, 11) is 0. The molecule has 1 aliphatic rings. The van der Waals surface area contributed by atoms with Crippen LogP contribution in [-0.2, 0) is 9.59 Å². The molecular formula is C24H24N2O3. The number of nitrogens with zero attached hydrogens (tertiary/aromatic N) is 1. The van der Waals surface area contributed by atoms with Crippen molar-refractivity contribution in [3.63, 3.8) is 0 Å². The van der Waals surface area contributed by atoms with Crippen molar-refractivity contribution in [2.75, 3.05) is 16.8 Å². The van der Waals surface area contributed by atoms with Crippen molar-refractivity contribution in [2.45, 2.75) is 32.3 Å². The number of carbonyl (C=O) groups excluding carboxylic acids is 2. The molecule has 1 fully saturated rings. The van der Waals surface area contributed by atoms with Gasteiger partial charge < -0.3 is 15.0 Å². The zero-order chi connectivity index (χ0) is 20.2. The van der Waals surface area contributed by atoms with Gasteiger partial charge in [0.15, 0.2) is 6.10 Å². The fraction of sp³-hybridized carbons (Fsp3) is 0.250. The van der Waals surface area contributed by atoms with E-state index in [9.17, 15) is 9.59 Å². The quantitative estimate of drug-likeness (QED) is 0.662. The molecule has 1 aliphatic heterocycles. The second-order valence-electron chi connectivity index (χ2n) is 7.21. The largest absolute Gasteiger partial charge is 0.481 e. The van der Waals surface area contributed by atoms with Gasteiger partial charge in [-0.25, -0.2) is 0 Å². The lowest BCUT2D eigenvalue weighted by atomic mass is 10.1. The van der Waals surface area contributed by atoms with Gasteiger partial charge in [0.05, 0.1) is 0 Å². The molecule has 0 saturated carbocycles. The van der Waals surface area contributed by atoms with Gasteiger partial charge in [-0.15, -0.1) is 0 Å². The van der Waals surface area contributed by atoms with Gasteiger partial charge in [0.25, 0.3) is 5.91 Å². The third kappa shape index (κ3) is 4.24. The molecule has 5 nitrogen and oxygen atoms in total. The Morgan fingerprint density at radius 2 is 1.83 bits per heavy atom. The summed E-state index contributed by atoms with van der Waals surface area (Å²) in [6.45, 7) is 2.68. The van der Waals surface area contributed by atoms with Gasteiger partial charge in [0.1, 0.15) is 5.75 Å². The van der Waals surface area contributed by atoms with Gasteiger partial charge in [-0.05, 0) is 60.0 Å². The molecule has 0 spiro atoms. The van der Waals surface area contributed by atoms with Crippen molar-refractivity contribution >= 4 is 34.0 Å². The van der Waals surface area contributed by atoms with Gasteiger partial charge in [-0.3, -0.25) is 9.59 Å². The van der Waals surface area contributed by atoms with E-state index >= 15 is 0 Å². The number of ether oxygens (including phenoxy) is 1. The smallest absolute Gasteiger partial charge is 0.265 e. The minimum absolute atomic E-state index is 0.150. The lowest BCUT2D eigenvalue weighted by Gasteiger charge is -2.19. The van der Waals surface area contributed by atoms with Crippen LogP contribution < -0.4 is 15.0 Å². The van der Waals surface area contributed by atoms with E-state index in [2.05, 4.69) is 5.32 Å². The van der Waals surface area contributed by atoms with Crippen LogP contribution >= 0.6 is 0 Å². The number of benzene rings is 3. The number of anilines is 2. The Bertz CT molecular complexity index is 1030. The van der Waals surface area contributed by atoms with E-state index in [0.717, 1.165) is 29.4 Å². The van der Waals surface area contributed by atoms with Crippen molar-refractivity contribution in [2.24, 2.45) is 0 Å². The summed E-state index contributed by atoms with van der Waals surface area (Å²) in [5.74, 6) is 0.635. The first-order chi connectivity index (χ1) is 14.1. The Kier molecular flexibility index (Phi) is 5.47. The Labute approximate surface area is 170 Å². The van der Waals surface area contributed by atoms with Gasteiger partial charge in [-0.1, -0.05) is 37.3 Å². The fourth-order valence-corrected chi connectivity index (χ4v) is 3.60. The zero-order valence-electron chi connectivity index (χ0n) is 16.4. The molecule has 1 N–H and O–H groups in total. The average molecular weight is 388 g/mol. The van der Waals surface area contributed by atoms with E-state index in [1.165, 1.54) is 0 Å². The zero-order valence-corrected chi connectivity index (χ0v) is 16.4. The van der Waals surface area contributed by atoms with Gasteiger partial charge >= 0.3 is 0 Å². The maximum atomic E-state index is 12.7. The van der Waals surface area contributed by atoms with E-state index in [4.69, 9.17) is 4.74 Å². The Hall–Kier alpha value is -3.34. The molecule has 148 valence electrons. The molecule has 5 heteroatoms. The molecular weight excluding hydrogens is 364 g/mol. The van der Waals surface area contributed by atoms with Crippen LogP contribution in [0.2, 0.25) is 0 Å². The minimum Gasteiger partial charge on any atom is -0.481 e. The Morgan fingerprint density at radius 3 is 2.52 bits per heavy atom. The first-order valence-corrected chi connectivity index (χ1v) is 10.0. The van der Waals surface area contributed by atoms with E-state index in [0.29, 0.717) is 24.3 Å². The maximum absolute atomic E-state index is 12.7. The molecule has 0 aromatic heterocycles. The summed E-state index contributed by atoms with van der Waals surface area (Å²) in [5, 5.41) is 5.12. The highest BCUT2D eigenvalue weighted by Gasteiger charge is 2.22. The maximum Gasteiger partial charge on any atom is 0.265 e. The topological polar surface area (TPSA) is 58.6 Å². The molecule has 1 saturated heterocycles. The minimum atomic E-state index is -0.587. The highest BCUT2D eigenvalue weighted by molar-refractivity contribution is 5.97. The number of hydrogen-bond donors (Lipinski definition) is 1. The van der Waals surface area contributed by atoms with Crippen molar-refractivity contribution in [3.05, 3.63) is 66.7 Å². The van der Waals surface area contributed by atoms with Crippen LogP contribution in [0.1, 0.15) is 26.2 Å². The van der Waals surface area contributed by atoms with E-state index in [1.807, 2.05) is 73.7 Å². The monoisotopic (exact) mass is 388 g/mol. The van der Waals surface area contributed by atoms with Crippen molar-refractivity contribution in [1.82, 2.24) is 0 Å². The molecule has 1 atom stereocenters. The second-order valence-corrected chi connectivity index (χ2v) is 7.21. The van der Waals surface area contributed by atoms with Crippen molar-refractivity contribution < 1.29 is 14.3 Å². The van der Waals surface area contributed by atoms with Crippen LogP contribution in [0, 0.1) is 0 Å². The molecule has 0 radical (unpaired) electrons. The Balaban J connectivity index is 1.42. The molecule has 3 aromatic carbocycles. The summed E-state index contributed by atoms with van der Waals surface area (Å²) < 4.78 is 5.96. The van der Waals surface area contributed by atoms with E-state index in [-0.39, 0.29) is 11.8 Å². The van der Waals surface area contributed by atoms with Crippen LogP contribution in [0.5, 0.6) is 5.75 Å². The lowest BCUT2D eigenvalue weighted by molar-refractivity contribution is -0.122. The third-order valence-electron chi connectivity index (χ3n) is 5.18. The molecule has 4 rings (SSSR count). The molecule has 29 heavy (non-hydrogen) atoms. The van der Waals surface area contributed by atoms with Crippen LogP contribution in [0.25, 0.3) is 10.8 Å². The highest BCUT2D eigenvalue weighted by atomic mass is 16.5. The number of hydrogen-bond acceptors (Lipinski definition) is 3. The van der Waals surface area contributed by atoms with Crippen LogP contribution in [-0.4, -0.2) is 24.5 Å². The van der Waals surface area contributed by atoms with Crippen LogP contribution in [0.3, 0.4) is 0 Å². The lowest BCUT2D eigenvalue weighted by Crippen LogP contribution is -2.32. The van der Waals surface area contributed by atoms with E-state index in [1.54, 1.807) is 4.90 Å². The molecule has 1 unspecified atom stereocenters. The summed E-state index contributed by atoms with van der Waals surface area (Å²) in [6, 6.07) is 21.3. The summed E-state index contributed by atoms with van der Waals surface area (Å²) in [5.41, 5.74) is 1.55. The average Bonchev–Trinajstić information content (AvgIpc) is 3.18.